The summed E-state index contributed by atoms with van der Waals surface area (Å²) in [7, 11) is 0. The summed E-state index contributed by atoms with van der Waals surface area (Å²) in [6, 6.07) is 21.0. The number of carbonyl (C=O) groups is 3. The molecule has 1 fully saturated rings. The lowest BCUT2D eigenvalue weighted by Gasteiger charge is -2.22. The zero-order valence-electron chi connectivity index (χ0n) is 18.0. The van der Waals surface area contributed by atoms with Crippen molar-refractivity contribution in [3.8, 4) is 0 Å². The molecule has 0 aliphatic carbocycles. The molecule has 2 aliphatic heterocycles. The average Bonchev–Trinajstić information content (AvgIpc) is 3.14. The highest BCUT2D eigenvalue weighted by Crippen LogP contribution is 2.44. The fraction of sp³-hybridized carbons (Fsp3) is 0.192. The lowest BCUT2D eigenvalue weighted by Crippen LogP contribution is -2.28. The number of para-hydroxylation sites is 1. The number of likely N-dealkylation sites (tertiary alicyclic amines) is 1. The first kappa shape index (κ1) is 21.3. The van der Waals surface area contributed by atoms with Crippen molar-refractivity contribution in [3.63, 3.8) is 0 Å². The van der Waals surface area contributed by atoms with Gasteiger partial charge in [-0.15, -0.1) is 0 Å². The van der Waals surface area contributed by atoms with Crippen LogP contribution >= 0.6 is 11.8 Å². The van der Waals surface area contributed by atoms with E-state index in [2.05, 4.69) is 11.4 Å². The largest absolute Gasteiger partial charge is 0.454 e. The highest BCUT2D eigenvalue weighted by atomic mass is 32.2. The van der Waals surface area contributed by atoms with Crippen LogP contribution in [-0.2, 0) is 20.9 Å². The van der Waals surface area contributed by atoms with Gasteiger partial charge in [-0.3, -0.25) is 14.5 Å². The van der Waals surface area contributed by atoms with Crippen molar-refractivity contribution < 1.29 is 19.1 Å². The molecule has 0 saturated carbocycles. The van der Waals surface area contributed by atoms with Crippen LogP contribution in [0.15, 0.2) is 76.5 Å². The Kier molecular flexibility index (Phi) is 5.64. The summed E-state index contributed by atoms with van der Waals surface area (Å²) in [4.78, 5) is 39.8. The van der Waals surface area contributed by atoms with Crippen molar-refractivity contribution in [2.45, 2.75) is 42.2 Å². The molecule has 0 unspecified atom stereocenters. The first-order valence-corrected chi connectivity index (χ1v) is 11.6. The van der Waals surface area contributed by atoms with E-state index in [1.165, 1.54) is 9.80 Å². The minimum absolute atomic E-state index is 0.154. The maximum absolute atomic E-state index is 12.7. The van der Waals surface area contributed by atoms with Crippen molar-refractivity contribution in [2.24, 2.45) is 0 Å². The number of nitrogens with one attached hydrogen (secondary N) is 1. The fourth-order valence-electron chi connectivity index (χ4n) is 3.93. The Morgan fingerprint density at radius 3 is 2.42 bits per heavy atom. The van der Waals surface area contributed by atoms with E-state index >= 15 is 0 Å². The normalized spacial score (nSPS) is 15.5. The summed E-state index contributed by atoms with van der Waals surface area (Å²) in [6.07, 6.45) is 0.112. The van der Waals surface area contributed by atoms with Crippen LogP contribution in [-0.4, -0.2) is 22.7 Å². The van der Waals surface area contributed by atoms with E-state index in [0.29, 0.717) is 5.56 Å². The zero-order chi connectivity index (χ0) is 22.9. The van der Waals surface area contributed by atoms with E-state index in [0.717, 1.165) is 27.4 Å². The van der Waals surface area contributed by atoms with Gasteiger partial charge >= 0.3 is 5.97 Å². The Morgan fingerprint density at radius 2 is 1.67 bits per heavy atom. The average molecular weight is 459 g/mol. The molecule has 1 N–H and O–H groups in total. The van der Waals surface area contributed by atoms with Crippen molar-refractivity contribution in [1.82, 2.24) is 4.90 Å². The van der Waals surface area contributed by atoms with Crippen molar-refractivity contribution >= 4 is 40.9 Å². The lowest BCUT2D eigenvalue weighted by atomic mass is 10.1. The molecule has 166 valence electrons. The molecule has 2 amide bonds. The molecular formula is C26H22N2O4S. The molecule has 0 bridgehead atoms. The summed E-state index contributed by atoms with van der Waals surface area (Å²) >= 11 is 1.71. The summed E-state index contributed by atoms with van der Waals surface area (Å²) in [6.45, 7) is 2.08. The van der Waals surface area contributed by atoms with Crippen LogP contribution in [0.3, 0.4) is 0 Å². The van der Waals surface area contributed by atoms with Gasteiger partial charge in [-0.05, 0) is 54.4 Å². The molecule has 3 aromatic carbocycles. The number of benzene rings is 3. The molecule has 6 nitrogen and oxygen atoms in total. The summed E-state index contributed by atoms with van der Waals surface area (Å²) in [5.41, 5.74) is 4.17. The topological polar surface area (TPSA) is 75.7 Å². The number of nitrogens with zero attached hydrogens (tertiary/aromatic N) is 1. The Morgan fingerprint density at radius 1 is 0.970 bits per heavy atom. The number of anilines is 2. The second-order valence-corrected chi connectivity index (χ2v) is 9.18. The second kappa shape index (κ2) is 8.75. The highest BCUT2D eigenvalue weighted by Gasteiger charge is 2.28. The van der Waals surface area contributed by atoms with Gasteiger partial charge in [0.25, 0.3) is 0 Å². The van der Waals surface area contributed by atoms with E-state index in [-0.39, 0.29) is 31.2 Å². The van der Waals surface area contributed by atoms with E-state index in [4.69, 9.17) is 4.74 Å². The summed E-state index contributed by atoms with van der Waals surface area (Å²) in [5, 5.41) is 3.45. The quantitative estimate of drug-likeness (QED) is 0.316. The number of imide groups is 1. The summed E-state index contributed by atoms with van der Waals surface area (Å²) < 4.78 is 5.70. The van der Waals surface area contributed by atoms with Gasteiger partial charge in [-0.2, -0.15) is 0 Å². The first-order chi connectivity index (χ1) is 16.0. The number of amides is 2. The molecule has 2 aliphatic rings. The van der Waals surface area contributed by atoms with Gasteiger partial charge < -0.3 is 10.1 Å². The maximum atomic E-state index is 12.7. The van der Waals surface area contributed by atoms with Gasteiger partial charge in [0, 0.05) is 22.6 Å². The molecular weight excluding hydrogens is 436 g/mol. The number of rotatable bonds is 5. The first-order valence-electron chi connectivity index (χ1n) is 10.8. The van der Waals surface area contributed by atoms with Crippen LogP contribution < -0.4 is 5.32 Å². The van der Waals surface area contributed by atoms with E-state index in [1.54, 1.807) is 36.0 Å². The lowest BCUT2D eigenvalue weighted by molar-refractivity contribution is -0.139. The third kappa shape index (κ3) is 4.36. The predicted molar refractivity (Wildman–Crippen MR) is 125 cm³/mol. The Bertz CT molecular complexity index is 1240. The smallest absolute Gasteiger partial charge is 0.338 e. The number of hydrogen-bond acceptors (Lipinski definition) is 6. The second-order valence-electron chi connectivity index (χ2n) is 8.10. The van der Waals surface area contributed by atoms with Crippen LogP contribution in [0.4, 0.5) is 11.4 Å². The van der Waals surface area contributed by atoms with Crippen molar-refractivity contribution in [1.29, 1.82) is 0 Å². The fourth-order valence-corrected chi connectivity index (χ4v) is 4.90. The van der Waals surface area contributed by atoms with E-state index < -0.39 is 12.1 Å². The molecule has 7 heteroatoms. The van der Waals surface area contributed by atoms with Crippen LogP contribution in [0.1, 0.15) is 47.4 Å². The molecule has 0 spiro atoms. The molecule has 5 rings (SSSR count). The van der Waals surface area contributed by atoms with E-state index in [1.807, 2.05) is 43.3 Å². The Balaban J connectivity index is 1.24. The van der Waals surface area contributed by atoms with Crippen LogP contribution in [0.25, 0.3) is 0 Å². The minimum Gasteiger partial charge on any atom is -0.454 e. The van der Waals surface area contributed by atoms with Gasteiger partial charge in [0.05, 0.1) is 23.5 Å². The Hall–Kier alpha value is -3.58. The number of esters is 1. The third-order valence-electron chi connectivity index (χ3n) is 5.82. The molecule has 1 saturated heterocycles. The number of fused-ring (bicyclic) bond motifs is 2. The van der Waals surface area contributed by atoms with Gasteiger partial charge in [-0.25, -0.2) is 4.79 Å². The van der Waals surface area contributed by atoms with Gasteiger partial charge in [0.15, 0.2) is 0 Å². The van der Waals surface area contributed by atoms with E-state index in [9.17, 15) is 14.4 Å². The number of ether oxygens (including phenoxy) is 1. The predicted octanol–water partition coefficient (Wildman–Crippen LogP) is 5.46. The van der Waals surface area contributed by atoms with Crippen molar-refractivity contribution in [2.75, 3.05) is 5.32 Å². The number of carbonyl (C=O) groups excluding carboxylic acids is 3. The molecule has 3 aromatic rings. The SMILES string of the molecule is C[C@@H](OC(=O)c1ccc(CN2C(=O)CCC2=O)cc1)c1ccc2c(c1)Nc1ccccc1S2. The molecule has 0 radical (unpaired) electrons. The van der Waals surface area contributed by atoms with Crippen molar-refractivity contribution in [3.05, 3.63) is 83.4 Å². The molecule has 0 aromatic heterocycles. The van der Waals surface area contributed by atoms with Gasteiger partial charge in [0.1, 0.15) is 6.10 Å². The Labute approximate surface area is 195 Å². The highest BCUT2D eigenvalue weighted by molar-refractivity contribution is 7.99. The molecule has 1 atom stereocenters. The summed E-state index contributed by atoms with van der Waals surface area (Å²) in [5.74, 6) is -0.731. The molecule has 2 heterocycles. The van der Waals surface area contributed by atoms with Crippen LogP contribution in [0.5, 0.6) is 0 Å². The van der Waals surface area contributed by atoms with Gasteiger partial charge in [-0.1, -0.05) is 42.1 Å². The molecule has 33 heavy (non-hydrogen) atoms. The zero-order valence-corrected chi connectivity index (χ0v) is 18.9. The number of hydrogen-bond donors (Lipinski definition) is 1. The minimum atomic E-state index is -0.425. The van der Waals surface area contributed by atoms with Gasteiger partial charge in [0.2, 0.25) is 11.8 Å². The van der Waals surface area contributed by atoms with Crippen LogP contribution in [0, 0.1) is 0 Å². The third-order valence-corrected chi connectivity index (χ3v) is 6.97. The standard InChI is InChI=1S/C26H22N2O4S/c1-16(19-10-11-23-21(14-19)27-20-4-2-3-5-22(20)33-23)32-26(31)18-8-6-17(7-9-18)15-28-24(29)12-13-25(28)30/h2-11,14,16,27H,12-13,15H2,1H3/t16-/m1/s1. The monoisotopic (exact) mass is 458 g/mol. The maximum Gasteiger partial charge on any atom is 0.338 e. The van der Waals surface area contributed by atoms with Crippen LogP contribution in [0.2, 0.25) is 0 Å².